The average Bonchev–Trinajstić information content (AvgIpc) is 3.00. The number of likely N-dealkylation sites (tertiary alicyclic amines) is 1. The summed E-state index contributed by atoms with van der Waals surface area (Å²) in [6, 6.07) is 14.5. The molecular formula is C32H46N2O7S. The highest BCUT2D eigenvalue weighted by molar-refractivity contribution is 7.99. The van der Waals surface area contributed by atoms with Gasteiger partial charge in [0.25, 0.3) is 0 Å². The number of piperidine rings is 1. The fourth-order valence-corrected chi connectivity index (χ4v) is 6.72. The number of methoxy groups -OCH3 is 3. The van der Waals surface area contributed by atoms with E-state index >= 15 is 0 Å². The summed E-state index contributed by atoms with van der Waals surface area (Å²) in [7, 11) is 4.82. The van der Waals surface area contributed by atoms with Crippen LogP contribution < -0.4 is 9.64 Å². The Morgan fingerprint density at radius 2 is 1.93 bits per heavy atom. The second-order valence-corrected chi connectivity index (χ2v) is 12.2. The van der Waals surface area contributed by atoms with Crippen molar-refractivity contribution in [1.29, 1.82) is 0 Å². The Hall–Kier alpha value is -2.50. The molecule has 0 saturated carbocycles. The Kier molecular flexibility index (Phi) is 12.6. The number of carbonyl (C=O) groups excluding carboxylic acids is 1. The molecule has 1 fully saturated rings. The van der Waals surface area contributed by atoms with E-state index in [1.165, 1.54) is 16.9 Å². The molecule has 2 aliphatic heterocycles. The van der Waals surface area contributed by atoms with Crippen molar-refractivity contribution in [2.75, 3.05) is 78.0 Å². The van der Waals surface area contributed by atoms with Gasteiger partial charge in [0.15, 0.2) is 0 Å². The van der Waals surface area contributed by atoms with E-state index in [9.17, 15) is 9.90 Å². The number of rotatable bonds is 14. The van der Waals surface area contributed by atoms with Gasteiger partial charge in [0.2, 0.25) is 0 Å². The lowest BCUT2D eigenvalue weighted by Gasteiger charge is -2.41. The molecule has 10 heteroatoms. The molecule has 2 heterocycles. The van der Waals surface area contributed by atoms with Crippen molar-refractivity contribution in [2.45, 2.75) is 49.4 Å². The number of carbonyl (C=O) groups is 1. The Morgan fingerprint density at radius 1 is 1.12 bits per heavy atom. The lowest BCUT2D eigenvalue weighted by Crippen LogP contribution is -2.53. The number of hydrogen-bond donors (Lipinski definition) is 1. The van der Waals surface area contributed by atoms with Crippen LogP contribution in [0.2, 0.25) is 0 Å². The van der Waals surface area contributed by atoms with E-state index in [2.05, 4.69) is 42.2 Å². The van der Waals surface area contributed by atoms with Gasteiger partial charge in [-0.05, 0) is 59.9 Å². The number of thioether (sulfide) groups is 1. The van der Waals surface area contributed by atoms with Gasteiger partial charge in [-0.2, -0.15) is 0 Å². The zero-order valence-electron chi connectivity index (χ0n) is 25.3. The standard InChI is InChI=1S/C32H46N2O7S/c1-23(21-38-3)12-17-42-26-9-7-25(8-10-26)31-28(35)19-34(32(36)39-4)20-30(31)41-22-24-6-11-29-27(18-24)33(14-16-40-29)13-5-15-37-2/h6-11,18,23,28,30-31,35H,5,12-17,19-22H2,1-4H3/t23-,28-,30+,31+/m1/s1. The fraction of sp³-hybridized carbons (Fsp3) is 0.594. The highest BCUT2D eigenvalue weighted by Gasteiger charge is 2.40. The molecule has 0 aliphatic carbocycles. The number of aliphatic hydroxyl groups is 1. The number of amides is 1. The molecule has 1 amide bonds. The maximum Gasteiger partial charge on any atom is 0.409 e. The van der Waals surface area contributed by atoms with Gasteiger partial charge >= 0.3 is 6.09 Å². The first-order valence-corrected chi connectivity index (χ1v) is 15.8. The summed E-state index contributed by atoms with van der Waals surface area (Å²) >= 11 is 1.82. The van der Waals surface area contributed by atoms with Crippen LogP contribution in [0.15, 0.2) is 47.4 Å². The molecule has 42 heavy (non-hydrogen) atoms. The van der Waals surface area contributed by atoms with Crippen molar-refractivity contribution in [2.24, 2.45) is 5.92 Å². The summed E-state index contributed by atoms with van der Waals surface area (Å²) in [5.41, 5.74) is 3.06. The first-order chi connectivity index (χ1) is 20.4. The first kappa shape index (κ1) is 32.4. The van der Waals surface area contributed by atoms with Gasteiger partial charge in [-0.1, -0.05) is 25.1 Å². The number of anilines is 1. The second-order valence-electron chi connectivity index (χ2n) is 11.1. The molecule has 4 rings (SSSR count). The minimum absolute atomic E-state index is 0.192. The van der Waals surface area contributed by atoms with Crippen molar-refractivity contribution >= 4 is 23.5 Å². The van der Waals surface area contributed by atoms with Crippen molar-refractivity contribution in [3.8, 4) is 5.75 Å². The third-order valence-corrected chi connectivity index (χ3v) is 8.92. The maximum absolute atomic E-state index is 12.4. The number of hydrogen-bond acceptors (Lipinski definition) is 9. The lowest BCUT2D eigenvalue weighted by atomic mass is 9.84. The van der Waals surface area contributed by atoms with Crippen molar-refractivity contribution in [3.63, 3.8) is 0 Å². The number of benzene rings is 2. The van der Waals surface area contributed by atoms with E-state index in [4.69, 9.17) is 23.7 Å². The van der Waals surface area contributed by atoms with Crippen LogP contribution >= 0.6 is 11.8 Å². The molecule has 2 aliphatic rings. The summed E-state index contributed by atoms with van der Waals surface area (Å²) in [6.07, 6.45) is 0.357. The quantitative estimate of drug-likeness (QED) is 0.242. The van der Waals surface area contributed by atoms with Crippen LogP contribution in [-0.2, 0) is 25.6 Å². The zero-order valence-corrected chi connectivity index (χ0v) is 26.1. The van der Waals surface area contributed by atoms with E-state index in [1.54, 1.807) is 14.2 Å². The SMILES string of the molecule is COCCCN1CCOc2ccc(CO[C@H]3CN(C(=O)OC)C[C@@H](O)[C@@H]3c3ccc(SCC[C@@H](C)COC)cc3)cc21. The average molecular weight is 603 g/mol. The Labute approximate surface area is 254 Å². The molecule has 9 nitrogen and oxygen atoms in total. The minimum atomic E-state index is -0.788. The number of β-amino-alcohol motifs (C(OH)–C–C–N with tert-alkyl or cyclic N) is 1. The van der Waals surface area contributed by atoms with Crippen LogP contribution in [0.5, 0.6) is 5.75 Å². The summed E-state index contributed by atoms with van der Waals surface area (Å²) in [6.45, 7) is 6.93. The predicted molar refractivity (Wildman–Crippen MR) is 165 cm³/mol. The molecule has 0 bridgehead atoms. The smallest absolute Gasteiger partial charge is 0.409 e. The van der Waals surface area contributed by atoms with Crippen molar-refractivity contribution in [3.05, 3.63) is 53.6 Å². The molecule has 232 valence electrons. The van der Waals surface area contributed by atoms with E-state index in [0.717, 1.165) is 60.9 Å². The van der Waals surface area contributed by atoms with E-state index in [-0.39, 0.29) is 12.5 Å². The van der Waals surface area contributed by atoms with Crippen molar-refractivity contribution in [1.82, 2.24) is 4.90 Å². The van der Waals surface area contributed by atoms with Crippen LogP contribution in [0.1, 0.15) is 36.8 Å². The normalized spacial score (nSPS) is 21.0. The van der Waals surface area contributed by atoms with Crippen LogP contribution in [-0.4, -0.2) is 101 Å². The summed E-state index contributed by atoms with van der Waals surface area (Å²) < 4.78 is 27.8. The van der Waals surface area contributed by atoms with Crippen molar-refractivity contribution < 1.29 is 33.6 Å². The maximum atomic E-state index is 12.4. The highest BCUT2D eigenvalue weighted by atomic mass is 32.2. The third kappa shape index (κ3) is 8.76. The largest absolute Gasteiger partial charge is 0.490 e. The van der Waals surface area contributed by atoms with Crippen LogP contribution in [0.3, 0.4) is 0 Å². The number of aliphatic hydroxyl groups excluding tert-OH is 1. The molecule has 0 spiro atoms. The molecule has 2 aromatic rings. The molecule has 1 saturated heterocycles. The molecule has 0 aromatic heterocycles. The van der Waals surface area contributed by atoms with Crippen LogP contribution in [0.25, 0.3) is 0 Å². The predicted octanol–water partition coefficient (Wildman–Crippen LogP) is 4.80. The molecule has 0 radical (unpaired) electrons. The first-order valence-electron chi connectivity index (χ1n) is 14.8. The number of nitrogens with zero attached hydrogens (tertiary/aromatic N) is 2. The van der Waals surface area contributed by atoms with E-state index in [1.807, 2.05) is 23.9 Å². The highest BCUT2D eigenvalue weighted by Crippen LogP contribution is 2.35. The molecular weight excluding hydrogens is 556 g/mol. The summed E-state index contributed by atoms with van der Waals surface area (Å²) in [5.74, 6) is 2.14. The summed E-state index contributed by atoms with van der Waals surface area (Å²) in [5, 5.41) is 11.2. The fourth-order valence-electron chi connectivity index (χ4n) is 5.64. The third-order valence-electron chi connectivity index (χ3n) is 7.87. The Bertz CT molecular complexity index is 1120. The van der Waals surface area contributed by atoms with Gasteiger partial charge in [0, 0.05) is 44.8 Å². The molecule has 4 atom stereocenters. The van der Waals surface area contributed by atoms with Gasteiger partial charge in [-0.25, -0.2) is 4.79 Å². The monoisotopic (exact) mass is 602 g/mol. The second kappa shape index (κ2) is 16.4. The summed E-state index contributed by atoms with van der Waals surface area (Å²) in [4.78, 5) is 17.4. The van der Waals surface area contributed by atoms with Crippen LogP contribution in [0.4, 0.5) is 10.5 Å². The van der Waals surface area contributed by atoms with Gasteiger partial charge in [0.05, 0.1) is 51.2 Å². The molecule has 1 N–H and O–H groups in total. The Morgan fingerprint density at radius 3 is 2.67 bits per heavy atom. The van der Waals surface area contributed by atoms with Gasteiger partial charge in [0.1, 0.15) is 12.4 Å². The van der Waals surface area contributed by atoms with Gasteiger partial charge in [-0.15, -0.1) is 11.8 Å². The van der Waals surface area contributed by atoms with Gasteiger partial charge < -0.3 is 38.6 Å². The van der Waals surface area contributed by atoms with E-state index in [0.29, 0.717) is 32.3 Å². The zero-order chi connectivity index (χ0) is 29.9. The number of ether oxygens (including phenoxy) is 5. The van der Waals surface area contributed by atoms with Gasteiger partial charge in [-0.3, -0.25) is 0 Å². The van der Waals surface area contributed by atoms with Crippen LogP contribution in [0, 0.1) is 5.92 Å². The van der Waals surface area contributed by atoms with E-state index < -0.39 is 18.3 Å². The lowest BCUT2D eigenvalue weighted by molar-refractivity contribution is -0.0673. The Balaban J connectivity index is 1.46. The molecule has 0 unspecified atom stereocenters. The molecule has 2 aromatic carbocycles. The minimum Gasteiger partial charge on any atom is -0.490 e. The topological polar surface area (TPSA) is 89.9 Å². The number of fused-ring (bicyclic) bond motifs is 1.